The Hall–Kier alpha value is -2.08. The Bertz CT molecular complexity index is 623. The van der Waals surface area contributed by atoms with Gasteiger partial charge >= 0.3 is 0 Å². The first kappa shape index (κ1) is 21.2. The Morgan fingerprint density at radius 3 is 2.70 bits per heavy atom. The fraction of sp³-hybridized carbons (Fsp3) is 0.619. The van der Waals surface area contributed by atoms with Crippen molar-refractivity contribution in [2.24, 2.45) is 4.99 Å². The van der Waals surface area contributed by atoms with Gasteiger partial charge in [0.05, 0.1) is 6.54 Å². The van der Waals surface area contributed by atoms with Gasteiger partial charge in [-0.25, -0.2) is 0 Å². The maximum Gasteiger partial charge on any atom is 0.251 e. The summed E-state index contributed by atoms with van der Waals surface area (Å²) in [7, 11) is 1.65. The molecule has 0 bridgehead atoms. The molecule has 1 amide bonds. The van der Waals surface area contributed by atoms with E-state index in [0.717, 1.165) is 50.2 Å². The van der Waals surface area contributed by atoms with Gasteiger partial charge in [-0.05, 0) is 57.7 Å². The smallest absolute Gasteiger partial charge is 0.251 e. The molecule has 2 rings (SSSR count). The largest absolute Gasteiger partial charge is 0.357 e. The zero-order chi connectivity index (χ0) is 19.6. The summed E-state index contributed by atoms with van der Waals surface area (Å²) in [5.41, 5.74) is 1.84. The van der Waals surface area contributed by atoms with Gasteiger partial charge in [0.25, 0.3) is 5.91 Å². The van der Waals surface area contributed by atoms with Gasteiger partial charge in [-0.15, -0.1) is 0 Å². The van der Waals surface area contributed by atoms with Gasteiger partial charge in [-0.2, -0.15) is 0 Å². The average Bonchev–Trinajstić information content (AvgIpc) is 3.49. The lowest BCUT2D eigenvalue weighted by Crippen LogP contribution is -2.40. The maximum atomic E-state index is 11.7. The van der Waals surface area contributed by atoms with Crippen LogP contribution in [0.2, 0.25) is 0 Å². The van der Waals surface area contributed by atoms with E-state index in [4.69, 9.17) is 4.99 Å². The summed E-state index contributed by atoms with van der Waals surface area (Å²) in [6.45, 7) is 10.0. The predicted octanol–water partition coefficient (Wildman–Crippen LogP) is 2.02. The van der Waals surface area contributed by atoms with Crippen LogP contribution in [0.1, 0.15) is 49.5 Å². The predicted molar refractivity (Wildman–Crippen MR) is 112 cm³/mol. The SMILES string of the molecule is CCNC(=NCCN(C(C)C)C1CC1)NCCc1cccc(C(=O)NC)c1. The van der Waals surface area contributed by atoms with Crippen molar-refractivity contribution in [3.8, 4) is 0 Å². The average molecular weight is 374 g/mol. The lowest BCUT2D eigenvalue weighted by Gasteiger charge is -2.25. The molecule has 1 saturated carbocycles. The molecule has 0 unspecified atom stereocenters. The van der Waals surface area contributed by atoms with Crippen LogP contribution >= 0.6 is 0 Å². The highest BCUT2D eigenvalue weighted by molar-refractivity contribution is 5.94. The summed E-state index contributed by atoms with van der Waals surface area (Å²) < 4.78 is 0. The van der Waals surface area contributed by atoms with Crippen molar-refractivity contribution in [2.45, 2.75) is 52.1 Å². The van der Waals surface area contributed by atoms with Crippen LogP contribution in [0.15, 0.2) is 29.3 Å². The standard InChI is InChI=1S/C21H35N5O/c1-5-23-21(25-13-14-26(16(2)3)19-9-10-19)24-12-11-17-7-6-8-18(15-17)20(27)22-4/h6-8,15-16,19H,5,9-14H2,1-4H3,(H,22,27)(H2,23,24,25). The van der Waals surface area contributed by atoms with Crippen LogP contribution in [0, 0.1) is 0 Å². The van der Waals surface area contributed by atoms with Gasteiger partial charge in [0.1, 0.15) is 0 Å². The van der Waals surface area contributed by atoms with Crippen LogP contribution < -0.4 is 16.0 Å². The molecule has 1 aromatic carbocycles. The number of hydrogen-bond donors (Lipinski definition) is 3. The van der Waals surface area contributed by atoms with E-state index in [1.165, 1.54) is 12.8 Å². The Morgan fingerprint density at radius 2 is 2.07 bits per heavy atom. The number of benzene rings is 1. The van der Waals surface area contributed by atoms with Crippen molar-refractivity contribution in [3.63, 3.8) is 0 Å². The third-order valence-corrected chi connectivity index (χ3v) is 4.77. The van der Waals surface area contributed by atoms with E-state index in [0.29, 0.717) is 11.6 Å². The molecule has 150 valence electrons. The first-order valence-electron chi connectivity index (χ1n) is 10.1. The summed E-state index contributed by atoms with van der Waals surface area (Å²) >= 11 is 0. The maximum absolute atomic E-state index is 11.7. The molecule has 0 aliphatic heterocycles. The van der Waals surface area contributed by atoms with Crippen molar-refractivity contribution in [3.05, 3.63) is 35.4 Å². The zero-order valence-electron chi connectivity index (χ0n) is 17.2. The molecular formula is C21H35N5O. The highest BCUT2D eigenvalue weighted by Crippen LogP contribution is 2.28. The number of nitrogens with one attached hydrogen (secondary N) is 3. The first-order chi connectivity index (χ1) is 13.0. The molecule has 3 N–H and O–H groups in total. The minimum Gasteiger partial charge on any atom is -0.357 e. The summed E-state index contributed by atoms with van der Waals surface area (Å²) in [5.74, 6) is 0.810. The van der Waals surface area contributed by atoms with Gasteiger partial charge < -0.3 is 16.0 Å². The normalized spacial score (nSPS) is 14.5. The molecule has 6 heteroatoms. The van der Waals surface area contributed by atoms with E-state index < -0.39 is 0 Å². The molecule has 27 heavy (non-hydrogen) atoms. The van der Waals surface area contributed by atoms with Crippen molar-refractivity contribution in [1.29, 1.82) is 0 Å². The second kappa shape index (κ2) is 10.9. The molecule has 0 heterocycles. The highest BCUT2D eigenvalue weighted by atomic mass is 16.1. The van der Waals surface area contributed by atoms with Crippen LogP contribution in [0.25, 0.3) is 0 Å². The number of carbonyl (C=O) groups excluding carboxylic acids is 1. The number of carbonyl (C=O) groups is 1. The molecule has 6 nitrogen and oxygen atoms in total. The molecule has 0 aromatic heterocycles. The number of amides is 1. The number of hydrogen-bond acceptors (Lipinski definition) is 3. The lowest BCUT2D eigenvalue weighted by molar-refractivity contribution is 0.0963. The lowest BCUT2D eigenvalue weighted by atomic mass is 10.1. The molecule has 1 aromatic rings. The van der Waals surface area contributed by atoms with Crippen molar-refractivity contribution >= 4 is 11.9 Å². The summed E-state index contributed by atoms with van der Waals surface area (Å²) in [5, 5.41) is 9.38. The third-order valence-electron chi connectivity index (χ3n) is 4.77. The molecule has 1 aliphatic rings. The van der Waals surface area contributed by atoms with Gasteiger partial charge in [0, 0.05) is 44.3 Å². The molecule has 0 atom stereocenters. The molecule has 0 spiro atoms. The number of rotatable bonds is 10. The fourth-order valence-corrected chi connectivity index (χ4v) is 3.23. The van der Waals surface area contributed by atoms with E-state index in [2.05, 4.69) is 41.6 Å². The van der Waals surface area contributed by atoms with E-state index in [1.54, 1.807) is 7.05 Å². The molecule has 0 radical (unpaired) electrons. The zero-order valence-corrected chi connectivity index (χ0v) is 17.2. The van der Waals surface area contributed by atoms with E-state index in [1.807, 2.05) is 24.3 Å². The highest BCUT2D eigenvalue weighted by Gasteiger charge is 2.29. The summed E-state index contributed by atoms with van der Waals surface area (Å²) in [6, 6.07) is 9.10. The van der Waals surface area contributed by atoms with Crippen molar-refractivity contribution < 1.29 is 4.79 Å². The van der Waals surface area contributed by atoms with Crippen LogP contribution in [-0.2, 0) is 6.42 Å². The van der Waals surface area contributed by atoms with Gasteiger partial charge in [-0.1, -0.05) is 12.1 Å². The Labute approximate surface area is 163 Å². The van der Waals surface area contributed by atoms with Gasteiger partial charge in [-0.3, -0.25) is 14.7 Å². The van der Waals surface area contributed by atoms with Crippen molar-refractivity contribution in [1.82, 2.24) is 20.9 Å². The monoisotopic (exact) mass is 373 g/mol. The van der Waals surface area contributed by atoms with Gasteiger partial charge in [0.15, 0.2) is 5.96 Å². The van der Waals surface area contributed by atoms with Crippen LogP contribution in [-0.4, -0.2) is 62.1 Å². The van der Waals surface area contributed by atoms with E-state index in [9.17, 15) is 4.79 Å². The molecule has 1 fully saturated rings. The van der Waals surface area contributed by atoms with Crippen LogP contribution in [0.5, 0.6) is 0 Å². The molecule has 1 aliphatic carbocycles. The summed E-state index contributed by atoms with van der Waals surface area (Å²) in [4.78, 5) is 19.0. The number of nitrogens with zero attached hydrogens (tertiary/aromatic N) is 2. The van der Waals surface area contributed by atoms with Crippen LogP contribution in [0.4, 0.5) is 0 Å². The first-order valence-corrected chi connectivity index (χ1v) is 10.1. The topological polar surface area (TPSA) is 68.8 Å². The Morgan fingerprint density at radius 1 is 1.30 bits per heavy atom. The summed E-state index contributed by atoms with van der Waals surface area (Å²) in [6.07, 6.45) is 3.50. The molecule has 0 saturated heterocycles. The Balaban J connectivity index is 1.82. The molecular weight excluding hydrogens is 338 g/mol. The third kappa shape index (κ3) is 7.21. The minimum atomic E-state index is -0.0509. The van der Waals surface area contributed by atoms with E-state index >= 15 is 0 Å². The van der Waals surface area contributed by atoms with Gasteiger partial charge in [0.2, 0.25) is 0 Å². The number of guanidine groups is 1. The van der Waals surface area contributed by atoms with Crippen molar-refractivity contribution in [2.75, 3.05) is 33.2 Å². The second-order valence-corrected chi connectivity index (χ2v) is 7.28. The second-order valence-electron chi connectivity index (χ2n) is 7.28. The van der Waals surface area contributed by atoms with E-state index in [-0.39, 0.29) is 5.91 Å². The minimum absolute atomic E-state index is 0.0509. The van der Waals surface area contributed by atoms with Crippen LogP contribution in [0.3, 0.4) is 0 Å². The number of aliphatic imine (C=N–C) groups is 1. The quantitative estimate of drug-likeness (QED) is 0.434. The fourth-order valence-electron chi connectivity index (χ4n) is 3.23. The Kier molecular flexibility index (Phi) is 8.58.